The number of carbonyl (C=O) groups excluding carboxylic acids is 2. The van der Waals surface area contributed by atoms with E-state index in [0.717, 1.165) is 0 Å². The zero-order valence-corrected chi connectivity index (χ0v) is 15.0. The largest absolute Gasteiger partial charge is 0.370 e. The topological polar surface area (TPSA) is 148 Å². The Bertz CT molecular complexity index is 892. The highest BCUT2D eigenvalue weighted by molar-refractivity contribution is 9.10. The zero-order chi connectivity index (χ0) is 17.9. The van der Waals surface area contributed by atoms with Crippen molar-refractivity contribution >= 4 is 48.7 Å². The van der Waals surface area contributed by atoms with Gasteiger partial charge in [-0.15, -0.1) is 0 Å². The Morgan fingerprint density at radius 2 is 1.92 bits per heavy atom. The predicted octanol–water partition coefficient (Wildman–Crippen LogP) is 0.963. The molecule has 1 heterocycles. The van der Waals surface area contributed by atoms with Crippen LogP contribution in [0.2, 0.25) is 0 Å². The normalized spacial score (nSPS) is 11.7. The second kappa shape index (κ2) is 7.32. The fraction of sp³-hybridized carbons (Fsp3) is 0.286. The summed E-state index contributed by atoms with van der Waals surface area (Å²) in [7, 11) is -3.96. The lowest BCUT2D eigenvalue weighted by atomic mass is 10.2. The van der Waals surface area contributed by atoms with Crippen LogP contribution < -0.4 is 16.2 Å². The number of benzene rings is 1. The molecule has 0 fully saturated rings. The fourth-order valence-corrected chi connectivity index (χ4v) is 4.09. The summed E-state index contributed by atoms with van der Waals surface area (Å²) in [6, 6.07) is 4.97. The van der Waals surface area contributed by atoms with Crippen LogP contribution in [0.4, 0.5) is 0 Å². The van der Waals surface area contributed by atoms with Crippen molar-refractivity contribution in [1.82, 2.24) is 9.71 Å². The summed E-state index contributed by atoms with van der Waals surface area (Å²) in [6.07, 6.45) is 1.11. The van der Waals surface area contributed by atoms with Gasteiger partial charge in [0.15, 0.2) is 0 Å². The molecular formula is C14H17BrN4O4S. The van der Waals surface area contributed by atoms with E-state index in [0.29, 0.717) is 28.2 Å². The van der Waals surface area contributed by atoms with Crippen LogP contribution >= 0.6 is 15.9 Å². The number of unbranched alkanes of at least 4 members (excludes halogenated alkanes) is 1. The molecule has 24 heavy (non-hydrogen) atoms. The van der Waals surface area contributed by atoms with Gasteiger partial charge in [-0.25, -0.2) is 13.1 Å². The lowest BCUT2D eigenvalue weighted by Crippen LogP contribution is -2.27. The van der Waals surface area contributed by atoms with Gasteiger partial charge in [-0.05, 0) is 31.0 Å². The molecule has 2 aromatic rings. The first-order valence-corrected chi connectivity index (χ1v) is 9.39. The number of aromatic nitrogens is 1. The number of primary amides is 2. The standard InChI is InChI=1S/C14H17BrN4O4S/c15-8-4-5-10-9(7-8)13(12(19-10)14(17)21)24(22,23)18-6-2-1-3-11(16)20/h4-5,7,18-19H,1-3,6H2,(H2,16,20)(H2,17,21). The maximum Gasteiger partial charge on any atom is 0.266 e. The Kier molecular flexibility index (Phi) is 5.62. The number of carbonyl (C=O) groups is 2. The second-order valence-electron chi connectivity index (χ2n) is 5.20. The van der Waals surface area contributed by atoms with Crippen LogP contribution in [0.5, 0.6) is 0 Å². The third-order valence-electron chi connectivity index (χ3n) is 3.37. The van der Waals surface area contributed by atoms with Crippen molar-refractivity contribution in [3.8, 4) is 0 Å². The number of rotatable bonds is 8. The number of H-pyrrole nitrogens is 1. The molecule has 0 atom stereocenters. The van der Waals surface area contributed by atoms with Crippen molar-refractivity contribution < 1.29 is 18.0 Å². The molecule has 0 saturated carbocycles. The molecule has 0 saturated heterocycles. The Morgan fingerprint density at radius 1 is 1.21 bits per heavy atom. The van der Waals surface area contributed by atoms with E-state index >= 15 is 0 Å². The molecule has 0 spiro atoms. The predicted molar refractivity (Wildman–Crippen MR) is 92.8 cm³/mol. The van der Waals surface area contributed by atoms with E-state index in [1.165, 1.54) is 0 Å². The third-order valence-corrected chi connectivity index (χ3v) is 5.41. The Balaban J connectivity index is 2.31. The molecule has 130 valence electrons. The van der Waals surface area contributed by atoms with Crippen molar-refractivity contribution in [3.63, 3.8) is 0 Å². The van der Waals surface area contributed by atoms with Gasteiger partial charge in [0.25, 0.3) is 5.91 Å². The molecule has 0 unspecified atom stereocenters. The van der Waals surface area contributed by atoms with Gasteiger partial charge < -0.3 is 16.5 Å². The van der Waals surface area contributed by atoms with Gasteiger partial charge in [-0.1, -0.05) is 15.9 Å². The number of hydrogen-bond donors (Lipinski definition) is 4. The summed E-state index contributed by atoms with van der Waals surface area (Å²) in [4.78, 5) is 24.8. The summed E-state index contributed by atoms with van der Waals surface area (Å²) < 4.78 is 28.3. The summed E-state index contributed by atoms with van der Waals surface area (Å²) in [5, 5.41) is 0.364. The van der Waals surface area contributed by atoms with Crippen molar-refractivity contribution in [2.45, 2.75) is 24.2 Å². The summed E-state index contributed by atoms with van der Waals surface area (Å²) in [5.41, 5.74) is 10.6. The van der Waals surface area contributed by atoms with Crippen LogP contribution in [0.25, 0.3) is 10.9 Å². The van der Waals surface area contributed by atoms with Gasteiger partial charge in [0.1, 0.15) is 10.6 Å². The van der Waals surface area contributed by atoms with E-state index in [9.17, 15) is 18.0 Å². The fourth-order valence-electron chi connectivity index (χ4n) is 2.29. The first-order valence-electron chi connectivity index (χ1n) is 7.11. The summed E-state index contributed by atoms with van der Waals surface area (Å²) in [5.74, 6) is -1.30. The quantitative estimate of drug-likeness (QED) is 0.474. The number of halogens is 1. The molecule has 8 nitrogen and oxygen atoms in total. The van der Waals surface area contributed by atoms with Gasteiger partial charge >= 0.3 is 0 Å². The minimum atomic E-state index is -3.96. The van der Waals surface area contributed by atoms with Crippen LogP contribution in [0.3, 0.4) is 0 Å². The van der Waals surface area contributed by atoms with E-state index < -0.39 is 21.8 Å². The van der Waals surface area contributed by atoms with Crippen LogP contribution in [0.15, 0.2) is 27.6 Å². The van der Waals surface area contributed by atoms with Gasteiger partial charge in [-0.3, -0.25) is 9.59 Å². The maximum absolute atomic E-state index is 12.6. The Labute approximate surface area is 147 Å². The van der Waals surface area contributed by atoms with Crippen LogP contribution in [-0.4, -0.2) is 31.8 Å². The van der Waals surface area contributed by atoms with E-state index in [1.54, 1.807) is 18.2 Å². The highest BCUT2D eigenvalue weighted by Gasteiger charge is 2.26. The monoisotopic (exact) mass is 416 g/mol. The third kappa shape index (κ3) is 4.13. The molecule has 0 aliphatic rings. The minimum absolute atomic E-state index is 0.120. The molecule has 10 heteroatoms. The SMILES string of the molecule is NC(=O)CCCCNS(=O)(=O)c1c(C(N)=O)[nH]c2ccc(Br)cc12. The molecular weight excluding hydrogens is 400 g/mol. The van der Waals surface area contributed by atoms with E-state index in [4.69, 9.17) is 11.5 Å². The number of aromatic amines is 1. The van der Waals surface area contributed by atoms with Gasteiger partial charge in [0.2, 0.25) is 15.9 Å². The molecule has 0 bridgehead atoms. The van der Waals surface area contributed by atoms with Crippen LogP contribution in [0, 0.1) is 0 Å². The van der Waals surface area contributed by atoms with Gasteiger partial charge in [0, 0.05) is 28.3 Å². The number of amides is 2. The van der Waals surface area contributed by atoms with Crippen molar-refractivity contribution in [3.05, 3.63) is 28.4 Å². The van der Waals surface area contributed by atoms with E-state index in [2.05, 4.69) is 25.6 Å². The highest BCUT2D eigenvalue weighted by Crippen LogP contribution is 2.29. The maximum atomic E-state index is 12.6. The molecule has 0 radical (unpaired) electrons. The van der Waals surface area contributed by atoms with Crippen molar-refractivity contribution in [2.24, 2.45) is 11.5 Å². The van der Waals surface area contributed by atoms with Gasteiger partial charge in [0.05, 0.1) is 0 Å². The lowest BCUT2D eigenvalue weighted by Gasteiger charge is -2.07. The number of hydrogen-bond acceptors (Lipinski definition) is 4. The molecule has 2 amide bonds. The average Bonchev–Trinajstić information content (AvgIpc) is 2.86. The summed E-state index contributed by atoms with van der Waals surface area (Å²) in [6.45, 7) is 0.120. The zero-order valence-electron chi connectivity index (χ0n) is 12.6. The molecule has 0 aliphatic carbocycles. The first-order chi connectivity index (χ1) is 11.2. The average molecular weight is 417 g/mol. The molecule has 6 N–H and O–H groups in total. The van der Waals surface area contributed by atoms with E-state index in [1.807, 2.05) is 0 Å². The molecule has 1 aromatic carbocycles. The lowest BCUT2D eigenvalue weighted by molar-refractivity contribution is -0.118. The first kappa shape index (κ1) is 18.4. The number of sulfonamides is 1. The number of nitrogens with one attached hydrogen (secondary N) is 2. The molecule has 1 aromatic heterocycles. The molecule has 2 rings (SSSR count). The number of fused-ring (bicyclic) bond motifs is 1. The Morgan fingerprint density at radius 3 is 2.54 bits per heavy atom. The smallest absolute Gasteiger partial charge is 0.266 e. The van der Waals surface area contributed by atoms with Crippen LogP contribution in [0.1, 0.15) is 29.8 Å². The number of nitrogens with two attached hydrogens (primary N) is 2. The minimum Gasteiger partial charge on any atom is -0.370 e. The van der Waals surface area contributed by atoms with Crippen LogP contribution in [-0.2, 0) is 14.8 Å². The van der Waals surface area contributed by atoms with Gasteiger partial charge in [-0.2, -0.15) is 0 Å². The summed E-state index contributed by atoms with van der Waals surface area (Å²) >= 11 is 3.28. The molecule has 0 aliphatic heterocycles. The second-order valence-corrected chi connectivity index (χ2v) is 7.82. The van der Waals surface area contributed by atoms with Crippen molar-refractivity contribution in [2.75, 3.05) is 6.54 Å². The Hall–Kier alpha value is -1.91. The van der Waals surface area contributed by atoms with E-state index in [-0.39, 0.29) is 23.6 Å². The highest BCUT2D eigenvalue weighted by atomic mass is 79.9. The van der Waals surface area contributed by atoms with Crippen molar-refractivity contribution in [1.29, 1.82) is 0 Å².